The molecular formula is C20H40. The summed E-state index contributed by atoms with van der Waals surface area (Å²) in [6.45, 7) is 19.8. The van der Waals surface area contributed by atoms with Gasteiger partial charge in [0.05, 0.1) is 0 Å². The molecule has 120 valence electrons. The first kappa shape index (κ1) is 18.1. The van der Waals surface area contributed by atoms with Crippen molar-refractivity contribution in [2.24, 2.45) is 28.1 Å². The van der Waals surface area contributed by atoms with Gasteiger partial charge in [-0.3, -0.25) is 0 Å². The van der Waals surface area contributed by atoms with Crippen molar-refractivity contribution in [3.63, 3.8) is 0 Å². The van der Waals surface area contributed by atoms with Crippen LogP contribution in [0.2, 0.25) is 0 Å². The summed E-state index contributed by atoms with van der Waals surface area (Å²) >= 11 is 0. The first-order valence-electron chi connectivity index (χ1n) is 8.97. The molecule has 0 spiro atoms. The minimum absolute atomic E-state index is 0.434. The maximum Gasteiger partial charge on any atom is -0.0274 e. The quantitative estimate of drug-likeness (QED) is 0.507. The average Bonchev–Trinajstić information content (AvgIpc) is 2.32. The van der Waals surface area contributed by atoms with E-state index in [2.05, 4.69) is 55.4 Å². The number of hydrogen-bond donors (Lipinski definition) is 0. The van der Waals surface area contributed by atoms with Crippen LogP contribution in [0.25, 0.3) is 0 Å². The van der Waals surface area contributed by atoms with Gasteiger partial charge in [-0.2, -0.15) is 0 Å². The Morgan fingerprint density at radius 1 is 0.850 bits per heavy atom. The molecule has 0 radical (unpaired) electrons. The molecule has 0 aromatic heterocycles. The lowest BCUT2D eigenvalue weighted by Gasteiger charge is -2.48. The van der Waals surface area contributed by atoms with Gasteiger partial charge in [-0.15, -0.1) is 0 Å². The van der Waals surface area contributed by atoms with Crippen molar-refractivity contribution in [1.29, 1.82) is 0 Å². The zero-order chi connectivity index (χ0) is 15.6. The van der Waals surface area contributed by atoms with E-state index >= 15 is 0 Å². The van der Waals surface area contributed by atoms with Crippen molar-refractivity contribution in [2.75, 3.05) is 0 Å². The second-order valence-electron chi connectivity index (χ2n) is 9.92. The number of hydrogen-bond acceptors (Lipinski definition) is 0. The van der Waals surface area contributed by atoms with Crippen LogP contribution in [0.5, 0.6) is 0 Å². The highest BCUT2D eigenvalue weighted by atomic mass is 14.5. The number of rotatable bonds is 2. The Balaban J connectivity index is 2.87. The van der Waals surface area contributed by atoms with Gasteiger partial charge in [0.15, 0.2) is 0 Å². The van der Waals surface area contributed by atoms with Crippen LogP contribution in [0.4, 0.5) is 0 Å². The molecule has 1 aliphatic carbocycles. The minimum Gasteiger partial charge on any atom is -0.0623 e. The molecule has 0 aromatic carbocycles. The maximum absolute atomic E-state index is 2.58. The third-order valence-electron chi connectivity index (χ3n) is 6.37. The first-order valence-corrected chi connectivity index (χ1v) is 8.97. The van der Waals surface area contributed by atoms with Gasteiger partial charge in [0.2, 0.25) is 0 Å². The van der Waals surface area contributed by atoms with Crippen molar-refractivity contribution < 1.29 is 0 Å². The summed E-state index contributed by atoms with van der Waals surface area (Å²) in [6, 6.07) is 0. The van der Waals surface area contributed by atoms with Crippen molar-refractivity contribution in [1.82, 2.24) is 0 Å². The molecule has 0 aliphatic heterocycles. The molecule has 3 atom stereocenters. The fourth-order valence-electron chi connectivity index (χ4n) is 4.44. The van der Waals surface area contributed by atoms with Gasteiger partial charge in [-0.05, 0) is 53.8 Å². The fourth-order valence-corrected chi connectivity index (χ4v) is 4.44. The van der Waals surface area contributed by atoms with Crippen LogP contribution in [0.15, 0.2) is 0 Å². The molecule has 1 saturated carbocycles. The molecule has 1 aliphatic rings. The van der Waals surface area contributed by atoms with E-state index in [-0.39, 0.29) is 0 Å². The molecule has 0 heterocycles. The summed E-state index contributed by atoms with van der Waals surface area (Å²) < 4.78 is 0. The second-order valence-corrected chi connectivity index (χ2v) is 9.92. The summed E-state index contributed by atoms with van der Waals surface area (Å²) in [5.74, 6) is 1.82. The van der Waals surface area contributed by atoms with Crippen molar-refractivity contribution in [3.8, 4) is 0 Å². The molecule has 0 saturated heterocycles. The molecule has 0 aromatic rings. The summed E-state index contributed by atoms with van der Waals surface area (Å²) in [6.07, 6.45) is 9.91. The Labute approximate surface area is 129 Å². The molecule has 1 fully saturated rings. The Hall–Kier alpha value is 0. The van der Waals surface area contributed by atoms with Gasteiger partial charge < -0.3 is 0 Å². The maximum atomic E-state index is 2.58. The molecule has 3 unspecified atom stereocenters. The van der Waals surface area contributed by atoms with E-state index in [9.17, 15) is 0 Å². The summed E-state index contributed by atoms with van der Waals surface area (Å²) in [5, 5.41) is 0. The van der Waals surface area contributed by atoms with E-state index in [0.29, 0.717) is 16.2 Å². The van der Waals surface area contributed by atoms with Crippen LogP contribution in [0.3, 0.4) is 0 Å². The van der Waals surface area contributed by atoms with E-state index < -0.39 is 0 Å². The van der Waals surface area contributed by atoms with Crippen LogP contribution in [0.1, 0.15) is 100 Å². The molecule has 1 rings (SSSR count). The molecule has 0 bridgehead atoms. The van der Waals surface area contributed by atoms with Crippen LogP contribution in [-0.2, 0) is 0 Å². The lowest BCUT2D eigenvalue weighted by molar-refractivity contribution is 0.0206. The van der Waals surface area contributed by atoms with E-state index in [1.165, 1.54) is 44.9 Å². The molecular weight excluding hydrogens is 240 g/mol. The zero-order valence-corrected chi connectivity index (χ0v) is 15.6. The van der Waals surface area contributed by atoms with Gasteiger partial charge in [-0.1, -0.05) is 74.7 Å². The van der Waals surface area contributed by atoms with E-state index in [0.717, 1.165) is 11.8 Å². The van der Waals surface area contributed by atoms with E-state index in [1.807, 2.05) is 0 Å². The average molecular weight is 281 g/mol. The Kier molecular flexibility index (Phi) is 5.78. The van der Waals surface area contributed by atoms with Gasteiger partial charge >= 0.3 is 0 Å². The predicted molar refractivity (Wildman–Crippen MR) is 92.0 cm³/mol. The monoisotopic (exact) mass is 280 g/mol. The van der Waals surface area contributed by atoms with Gasteiger partial charge in [0.25, 0.3) is 0 Å². The topological polar surface area (TPSA) is 0 Å². The molecule has 0 nitrogen and oxygen atoms in total. The summed E-state index contributed by atoms with van der Waals surface area (Å²) in [5.41, 5.74) is 1.39. The lowest BCUT2D eigenvalue weighted by atomic mass is 9.57. The highest BCUT2D eigenvalue weighted by molar-refractivity contribution is 4.93. The summed E-state index contributed by atoms with van der Waals surface area (Å²) in [4.78, 5) is 0. The lowest BCUT2D eigenvalue weighted by Crippen LogP contribution is -2.38. The molecule has 20 heavy (non-hydrogen) atoms. The van der Waals surface area contributed by atoms with Crippen LogP contribution >= 0.6 is 0 Å². The second kappa shape index (κ2) is 6.41. The van der Waals surface area contributed by atoms with Gasteiger partial charge in [0.1, 0.15) is 0 Å². The molecule has 0 N–H and O–H groups in total. The largest absolute Gasteiger partial charge is 0.0623 e. The zero-order valence-electron chi connectivity index (χ0n) is 15.6. The Morgan fingerprint density at radius 3 is 1.95 bits per heavy atom. The van der Waals surface area contributed by atoms with Crippen molar-refractivity contribution in [3.05, 3.63) is 0 Å². The van der Waals surface area contributed by atoms with E-state index in [1.54, 1.807) is 0 Å². The van der Waals surface area contributed by atoms with E-state index in [4.69, 9.17) is 0 Å². The van der Waals surface area contributed by atoms with Crippen molar-refractivity contribution >= 4 is 0 Å². The van der Waals surface area contributed by atoms with Crippen LogP contribution < -0.4 is 0 Å². The third kappa shape index (κ3) is 4.78. The highest BCUT2D eigenvalue weighted by Crippen LogP contribution is 2.53. The highest BCUT2D eigenvalue weighted by Gasteiger charge is 2.42. The molecule has 0 amide bonds. The molecule has 0 heteroatoms. The normalized spacial score (nSPS) is 34.2. The fraction of sp³-hybridized carbons (Fsp3) is 1.00. The SMILES string of the molecule is CC1CCCCC(C)(C(C)(C)CC(C)(C)C)CCC1C. The smallest absolute Gasteiger partial charge is 0.0274 e. The Morgan fingerprint density at radius 2 is 1.40 bits per heavy atom. The van der Waals surface area contributed by atoms with Gasteiger partial charge in [-0.25, -0.2) is 0 Å². The summed E-state index contributed by atoms with van der Waals surface area (Å²) in [7, 11) is 0. The third-order valence-corrected chi connectivity index (χ3v) is 6.37. The Bertz CT molecular complexity index is 294. The van der Waals surface area contributed by atoms with Crippen molar-refractivity contribution in [2.45, 2.75) is 100 Å². The minimum atomic E-state index is 0.434. The van der Waals surface area contributed by atoms with Crippen LogP contribution in [-0.4, -0.2) is 0 Å². The van der Waals surface area contributed by atoms with Gasteiger partial charge in [0, 0.05) is 0 Å². The first-order chi connectivity index (χ1) is 8.97. The predicted octanol–water partition coefficient (Wildman–Crippen LogP) is 7.08. The standard InChI is InChI=1S/C20H40/c1-16-11-9-10-13-20(8,14-12-17(16)2)19(6,7)15-18(3,4)5/h16-17H,9-15H2,1-8H3. The van der Waals surface area contributed by atoms with Crippen LogP contribution in [0, 0.1) is 28.1 Å².